The van der Waals surface area contributed by atoms with Gasteiger partial charge in [0.15, 0.2) is 0 Å². The van der Waals surface area contributed by atoms with E-state index in [1.165, 1.54) is 0 Å². The summed E-state index contributed by atoms with van der Waals surface area (Å²) in [5, 5.41) is 7.03. The number of amides is 1. The highest BCUT2D eigenvalue weighted by molar-refractivity contribution is 5.81. The van der Waals surface area contributed by atoms with Crippen LogP contribution in [-0.2, 0) is 18.4 Å². The van der Waals surface area contributed by atoms with Crippen molar-refractivity contribution in [1.29, 1.82) is 0 Å². The lowest BCUT2D eigenvalue weighted by Crippen LogP contribution is -2.34. The van der Waals surface area contributed by atoms with Crippen molar-refractivity contribution in [1.82, 2.24) is 20.1 Å². The molecular formula is C15H20N4O. The highest BCUT2D eigenvalue weighted by Crippen LogP contribution is 2.16. The third kappa shape index (κ3) is 3.44. The Balaban J connectivity index is 2.00. The van der Waals surface area contributed by atoms with Gasteiger partial charge in [0, 0.05) is 37.0 Å². The Morgan fingerprint density at radius 1 is 1.30 bits per heavy atom. The van der Waals surface area contributed by atoms with Gasteiger partial charge < -0.3 is 5.32 Å². The molecule has 1 amide bonds. The second-order valence-electron chi connectivity index (χ2n) is 5.89. The molecule has 0 atom stereocenters. The van der Waals surface area contributed by atoms with Gasteiger partial charge in [-0.2, -0.15) is 5.10 Å². The Morgan fingerprint density at radius 2 is 2.05 bits per heavy atom. The minimum Gasteiger partial charge on any atom is -0.352 e. The molecule has 0 aliphatic carbocycles. The van der Waals surface area contributed by atoms with Crippen LogP contribution in [0.1, 0.15) is 26.3 Å². The molecule has 20 heavy (non-hydrogen) atoms. The summed E-state index contributed by atoms with van der Waals surface area (Å²) in [6.07, 6.45) is 5.48. The van der Waals surface area contributed by atoms with E-state index in [2.05, 4.69) is 15.4 Å². The van der Waals surface area contributed by atoms with E-state index in [0.717, 1.165) is 16.8 Å². The molecule has 0 bridgehead atoms. The summed E-state index contributed by atoms with van der Waals surface area (Å²) in [5.74, 6) is 0.0360. The predicted octanol–water partition coefficient (Wildman–Crippen LogP) is 2.14. The molecule has 0 aromatic carbocycles. The van der Waals surface area contributed by atoms with Crippen molar-refractivity contribution in [2.75, 3.05) is 0 Å². The highest BCUT2D eigenvalue weighted by Gasteiger charge is 2.20. The molecule has 2 aromatic heterocycles. The topological polar surface area (TPSA) is 59.8 Å². The zero-order chi connectivity index (χ0) is 14.8. The molecule has 0 aliphatic rings. The van der Waals surface area contributed by atoms with E-state index < -0.39 is 0 Å². The third-order valence-electron chi connectivity index (χ3n) is 2.96. The standard InChI is InChI=1S/C15H20N4O/c1-15(2,3)14(20)17-8-11-5-6-13(16-7-11)12-9-18-19(4)10-12/h5-7,9-10H,8H2,1-4H3,(H,17,20). The normalized spacial score (nSPS) is 11.4. The summed E-state index contributed by atoms with van der Waals surface area (Å²) < 4.78 is 1.74. The molecule has 0 saturated heterocycles. The highest BCUT2D eigenvalue weighted by atomic mass is 16.2. The lowest BCUT2D eigenvalue weighted by Gasteiger charge is -2.17. The average molecular weight is 272 g/mol. The first kappa shape index (κ1) is 14.2. The van der Waals surface area contributed by atoms with Crippen LogP contribution in [0.4, 0.5) is 0 Å². The fourth-order valence-electron chi connectivity index (χ4n) is 1.70. The first-order valence-corrected chi connectivity index (χ1v) is 6.58. The Hall–Kier alpha value is -2.17. The van der Waals surface area contributed by atoms with Crippen LogP contribution < -0.4 is 5.32 Å². The van der Waals surface area contributed by atoms with Crippen molar-refractivity contribution in [3.8, 4) is 11.3 Å². The number of pyridine rings is 1. The van der Waals surface area contributed by atoms with Crippen molar-refractivity contribution < 1.29 is 4.79 Å². The molecule has 1 N–H and O–H groups in total. The Labute approximate surface area is 119 Å². The summed E-state index contributed by atoms with van der Waals surface area (Å²) in [5.41, 5.74) is 2.47. The quantitative estimate of drug-likeness (QED) is 0.931. The van der Waals surface area contributed by atoms with Crippen LogP contribution in [0.5, 0.6) is 0 Å². The summed E-state index contributed by atoms with van der Waals surface area (Å²) in [7, 11) is 1.87. The number of aryl methyl sites for hydroxylation is 1. The maximum Gasteiger partial charge on any atom is 0.225 e. The smallest absolute Gasteiger partial charge is 0.225 e. The number of hydrogen-bond acceptors (Lipinski definition) is 3. The number of rotatable bonds is 3. The van der Waals surface area contributed by atoms with Gasteiger partial charge in [-0.1, -0.05) is 26.8 Å². The molecule has 2 aromatic rings. The minimum atomic E-state index is -0.372. The average Bonchev–Trinajstić information content (AvgIpc) is 2.82. The third-order valence-corrected chi connectivity index (χ3v) is 2.96. The zero-order valence-corrected chi connectivity index (χ0v) is 12.3. The largest absolute Gasteiger partial charge is 0.352 e. The number of hydrogen-bond donors (Lipinski definition) is 1. The fraction of sp³-hybridized carbons (Fsp3) is 0.400. The van der Waals surface area contributed by atoms with Crippen LogP contribution in [0.25, 0.3) is 11.3 Å². The molecule has 106 valence electrons. The van der Waals surface area contributed by atoms with Crippen molar-refractivity contribution >= 4 is 5.91 Å². The molecule has 5 heteroatoms. The summed E-state index contributed by atoms with van der Waals surface area (Å²) in [6.45, 7) is 6.18. The monoisotopic (exact) mass is 272 g/mol. The van der Waals surface area contributed by atoms with Gasteiger partial charge in [-0.15, -0.1) is 0 Å². The van der Waals surface area contributed by atoms with Gasteiger partial charge in [0.25, 0.3) is 0 Å². The number of nitrogens with one attached hydrogen (secondary N) is 1. The Morgan fingerprint density at radius 3 is 2.55 bits per heavy atom. The van der Waals surface area contributed by atoms with Crippen LogP contribution in [0.2, 0.25) is 0 Å². The van der Waals surface area contributed by atoms with Crippen LogP contribution in [0, 0.1) is 5.41 Å². The molecule has 0 spiro atoms. The van der Waals surface area contributed by atoms with Gasteiger partial charge in [-0.05, 0) is 11.6 Å². The molecule has 0 aliphatic heterocycles. The van der Waals surface area contributed by atoms with Gasteiger partial charge in [-0.25, -0.2) is 0 Å². The maximum absolute atomic E-state index is 11.8. The second-order valence-corrected chi connectivity index (χ2v) is 5.89. The van der Waals surface area contributed by atoms with Crippen LogP contribution >= 0.6 is 0 Å². The zero-order valence-electron chi connectivity index (χ0n) is 12.3. The molecule has 5 nitrogen and oxygen atoms in total. The summed E-state index contributed by atoms with van der Waals surface area (Å²) in [4.78, 5) is 16.2. The summed E-state index contributed by atoms with van der Waals surface area (Å²) >= 11 is 0. The van der Waals surface area contributed by atoms with Crippen molar-refractivity contribution in [3.63, 3.8) is 0 Å². The minimum absolute atomic E-state index is 0.0360. The molecule has 2 rings (SSSR count). The molecule has 0 radical (unpaired) electrons. The fourth-order valence-corrected chi connectivity index (χ4v) is 1.70. The van der Waals surface area contributed by atoms with E-state index in [1.54, 1.807) is 17.1 Å². The van der Waals surface area contributed by atoms with Gasteiger partial charge in [-0.3, -0.25) is 14.5 Å². The number of aromatic nitrogens is 3. The van der Waals surface area contributed by atoms with E-state index in [4.69, 9.17) is 0 Å². The SMILES string of the molecule is Cn1cc(-c2ccc(CNC(=O)C(C)(C)C)cn2)cn1. The number of carbonyl (C=O) groups is 1. The maximum atomic E-state index is 11.8. The van der Waals surface area contributed by atoms with Gasteiger partial charge in [0.1, 0.15) is 0 Å². The van der Waals surface area contributed by atoms with Gasteiger partial charge in [0.05, 0.1) is 11.9 Å². The summed E-state index contributed by atoms with van der Waals surface area (Å²) in [6, 6.07) is 3.91. The number of carbonyl (C=O) groups excluding carboxylic acids is 1. The Kier molecular flexibility index (Phi) is 3.88. The van der Waals surface area contributed by atoms with Crippen LogP contribution in [-0.4, -0.2) is 20.7 Å². The molecule has 0 unspecified atom stereocenters. The first-order chi connectivity index (χ1) is 9.36. The Bertz CT molecular complexity index is 593. The second kappa shape index (κ2) is 5.45. The molecule has 0 saturated carbocycles. The molecule has 2 heterocycles. The van der Waals surface area contributed by atoms with Crippen molar-refractivity contribution in [2.45, 2.75) is 27.3 Å². The first-order valence-electron chi connectivity index (χ1n) is 6.58. The molecular weight excluding hydrogens is 252 g/mol. The lowest BCUT2D eigenvalue weighted by molar-refractivity contribution is -0.128. The predicted molar refractivity (Wildman–Crippen MR) is 77.7 cm³/mol. The van der Waals surface area contributed by atoms with E-state index in [1.807, 2.05) is 46.1 Å². The van der Waals surface area contributed by atoms with Crippen molar-refractivity contribution in [2.24, 2.45) is 12.5 Å². The van der Waals surface area contributed by atoms with E-state index >= 15 is 0 Å². The van der Waals surface area contributed by atoms with E-state index in [9.17, 15) is 4.79 Å². The van der Waals surface area contributed by atoms with Crippen molar-refractivity contribution in [3.05, 3.63) is 36.3 Å². The van der Waals surface area contributed by atoms with Crippen LogP contribution in [0.15, 0.2) is 30.7 Å². The van der Waals surface area contributed by atoms with Crippen LogP contribution in [0.3, 0.4) is 0 Å². The lowest BCUT2D eigenvalue weighted by atomic mass is 9.95. The van der Waals surface area contributed by atoms with E-state index in [-0.39, 0.29) is 11.3 Å². The number of nitrogens with zero attached hydrogens (tertiary/aromatic N) is 3. The van der Waals surface area contributed by atoms with E-state index in [0.29, 0.717) is 6.54 Å². The molecule has 0 fully saturated rings. The van der Waals surface area contributed by atoms with Gasteiger partial charge in [0.2, 0.25) is 5.91 Å². The van der Waals surface area contributed by atoms with Gasteiger partial charge >= 0.3 is 0 Å².